The van der Waals surface area contributed by atoms with Gasteiger partial charge in [0.1, 0.15) is 6.54 Å². The molecule has 0 saturated carbocycles. The number of benzene rings is 1. The van der Waals surface area contributed by atoms with Crippen LogP contribution in [0.25, 0.3) is 11.4 Å². The normalized spacial score (nSPS) is 21.4. The molecule has 1 amide bonds. The predicted molar refractivity (Wildman–Crippen MR) is 82.8 cm³/mol. The van der Waals surface area contributed by atoms with Gasteiger partial charge in [-0.3, -0.25) is 9.32 Å². The molecule has 1 aromatic carbocycles. The predicted octanol–water partition coefficient (Wildman–Crippen LogP) is 1.14. The fraction of sp³-hybridized carbons (Fsp3) is 0.438. The molecule has 0 bridgehead atoms. The number of nitrogens with zero attached hydrogens (tertiary/aromatic N) is 3. The van der Waals surface area contributed by atoms with Crippen molar-refractivity contribution >= 4 is 5.91 Å². The molecule has 23 heavy (non-hydrogen) atoms. The molecule has 0 spiro atoms. The van der Waals surface area contributed by atoms with Gasteiger partial charge in [-0.05, 0) is 13.8 Å². The van der Waals surface area contributed by atoms with Gasteiger partial charge in [0.05, 0.1) is 12.2 Å². The van der Waals surface area contributed by atoms with Crippen LogP contribution in [0.4, 0.5) is 0 Å². The molecule has 1 aliphatic rings. The van der Waals surface area contributed by atoms with E-state index >= 15 is 0 Å². The molecule has 7 heteroatoms. The molecule has 0 unspecified atom stereocenters. The molecule has 2 aromatic rings. The van der Waals surface area contributed by atoms with E-state index in [0.29, 0.717) is 18.9 Å². The number of amides is 1. The number of carbonyl (C=O) groups is 1. The molecule has 1 aromatic heterocycles. The molecule has 122 valence electrons. The van der Waals surface area contributed by atoms with Crippen LogP contribution in [0.15, 0.2) is 39.6 Å². The first-order chi connectivity index (χ1) is 11.0. The number of aromatic nitrogens is 2. The minimum atomic E-state index is -0.633. The molecular formula is C16H19N3O4. The lowest BCUT2D eigenvalue weighted by atomic mass is 10.2. The molecule has 0 N–H and O–H groups in total. The highest BCUT2D eigenvalue weighted by molar-refractivity contribution is 5.76. The summed E-state index contributed by atoms with van der Waals surface area (Å²) in [4.78, 5) is 26.1. The first-order valence-electron chi connectivity index (χ1n) is 7.59. The third kappa shape index (κ3) is 3.34. The third-order valence-corrected chi connectivity index (χ3v) is 3.78. The van der Waals surface area contributed by atoms with Gasteiger partial charge in [0.25, 0.3) is 0 Å². The fourth-order valence-corrected chi connectivity index (χ4v) is 2.82. The van der Waals surface area contributed by atoms with Gasteiger partial charge in [0.15, 0.2) is 5.82 Å². The van der Waals surface area contributed by atoms with Gasteiger partial charge in [-0.2, -0.15) is 0 Å². The second kappa shape index (κ2) is 6.37. The molecular weight excluding hydrogens is 298 g/mol. The Kier molecular flexibility index (Phi) is 4.29. The summed E-state index contributed by atoms with van der Waals surface area (Å²) in [6.07, 6.45) is -0.0361. The second-order valence-corrected chi connectivity index (χ2v) is 5.78. The van der Waals surface area contributed by atoms with Gasteiger partial charge in [-0.25, -0.2) is 9.36 Å². The van der Waals surface area contributed by atoms with Crippen LogP contribution in [0.2, 0.25) is 0 Å². The molecule has 3 rings (SSSR count). The maximum Gasteiger partial charge on any atom is 0.442 e. The third-order valence-electron chi connectivity index (χ3n) is 3.78. The Morgan fingerprint density at radius 2 is 1.87 bits per heavy atom. The van der Waals surface area contributed by atoms with Crippen LogP contribution in [0, 0.1) is 0 Å². The van der Waals surface area contributed by atoms with Gasteiger partial charge >= 0.3 is 5.76 Å². The average Bonchev–Trinajstić information content (AvgIpc) is 2.88. The summed E-state index contributed by atoms with van der Waals surface area (Å²) in [5.74, 6) is -0.417. The highest BCUT2D eigenvalue weighted by Gasteiger charge is 2.27. The van der Waals surface area contributed by atoms with E-state index in [4.69, 9.17) is 9.26 Å². The minimum Gasteiger partial charge on any atom is -0.372 e. The highest BCUT2D eigenvalue weighted by atomic mass is 16.5. The zero-order chi connectivity index (χ0) is 16.4. The molecule has 0 radical (unpaired) electrons. The van der Waals surface area contributed by atoms with Gasteiger partial charge in [0.2, 0.25) is 5.91 Å². The van der Waals surface area contributed by atoms with Crippen LogP contribution in [0.5, 0.6) is 0 Å². The molecule has 7 nitrogen and oxygen atoms in total. The topological polar surface area (TPSA) is 77.6 Å². The van der Waals surface area contributed by atoms with Crippen molar-refractivity contribution in [2.24, 2.45) is 0 Å². The van der Waals surface area contributed by atoms with Crippen LogP contribution >= 0.6 is 0 Å². The number of hydrogen-bond donors (Lipinski definition) is 0. The zero-order valence-corrected chi connectivity index (χ0v) is 13.1. The smallest absolute Gasteiger partial charge is 0.372 e. The van der Waals surface area contributed by atoms with Crippen molar-refractivity contribution < 1.29 is 14.1 Å². The Morgan fingerprint density at radius 3 is 2.52 bits per heavy atom. The lowest BCUT2D eigenvalue weighted by Crippen LogP contribution is -2.49. The second-order valence-electron chi connectivity index (χ2n) is 5.78. The number of ether oxygens (including phenoxy) is 1. The Balaban J connectivity index is 1.82. The van der Waals surface area contributed by atoms with Crippen LogP contribution in [0.1, 0.15) is 13.8 Å². The van der Waals surface area contributed by atoms with Crippen LogP contribution in [-0.4, -0.2) is 45.8 Å². The number of hydrogen-bond acceptors (Lipinski definition) is 5. The van der Waals surface area contributed by atoms with E-state index in [9.17, 15) is 9.59 Å². The molecule has 1 aliphatic heterocycles. The summed E-state index contributed by atoms with van der Waals surface area (Å²) in [6.45, 7) is 4.80. The van der Waals surface area contributed by atoms with Crippen molar-refractivity contribution in [3.05, 3.63) is 40.9 Å². The van der Waals surface area contributed by atoms with Crippen molar-refractivity contribution in [1.82, 2.24) is 14.6 Å². The van der Waals surface area contributed by atoms with Crippen molar-refractivity contribution in [2.45, 2.75) is 32.6 Å². The summed E-state index contributed by atoms with van der Waals surface area (Å²) in [6, 6.07) is 9.18. The van der Waals surface area contributed by atoms with E-state index in [-0.39, 0.29) is 24.7 Å². The van der Waals surface area contributed by atoms with Gasteiger partial charge in [-0.15, -0.1) is 0 Å². The Labute approximate surface area is 133 Å². The van der Waals surface area contributed by atoms with Crippen molar-refractivity contribution in [1.29, 1.82) is 0 Å². The van der Waals surface area contributed by atoms with Crippen LogP contribution in [-0.2, 0) is 16.1 Å². The lowest BCUT2D eigenvalue weighted by Gasteiger charge is -2.35. The standard InChI is InChI=1S/C16H19N3O4/c1-11-8-18(9-12(2)22-11)14(20)10-19-15(17-23-16(19)21)13-6-4-3-5-7-13/h3-7,11-12H,8-10H2,1-2H3/t11-,12-/m0/s1. The van der Waals surface area contributed by atoms with E-state index in [1.165, 1.54) is 4.57 Å². The van der Waals surface area contributed by atoms with Gasteiger partial charge in [-0.1, -0.05) is 35.5 Å². The van der Waals surface area contributed by atoms with Crippen LogP contribution in [0.3, 0.4) is 0 Å². The molecule has 1 fully saturated rings. The largest absolute Gasteiger partial charge is 0.442 e. The fourth-order valence-electron chi connectivity index (χ4n) is 2.82. The number of morpholine rings is 1. The molecule has 2 heterocycles. The summed E-state index contributed by atoms with van der Waals surface area (Å²) in [7, 11) is 0. The van der Waals surface area contributed by atoms with Crippen LogP contribution < -0.4 is 5.76 Å². The van der Waals surface area contributed by atoms with Crippen molar-refractivity contribution in [3.63, 3.8) is 0 Å². The van der Waals surface area contributed by atoms with Gasteiger partial charge in [0, 0.05) is 18.7 Å². The Bertz CT molecular complexity index is 727. The summed E-state index contributed by atoms with van der Waals surface area (Å²) >= 11 is 0. The zero-order valence-electron chi connectivity index (χ0n) is 13.1. The van der Waals surface area contributed by atoms with Gasteiger partial charge < -0.3 is 9.64 Å². The minimum absolute atomic E-state index is 0.0181. The molecule has 2 atom stereocenters. The van der Waals surface area contributed by atoms with E-state index in [0.717, 1.165) is 5.56 Å². The van der Waals surface area contributed by atoms with E-state index in [2.05, 4.69) is 5.16 Å². The molecule has 1 saturated heterocycles. The van der Waals surface area contributed by atoms with E-state index in [1.807, 2.05) is 44.2 Å². The SMILES string of the molecule is C[C@H]1CN(C(=O)Cn2c(-c3ccccc3)noc2=O)C[C@H](C)O1. The summed E-state index contributed by atoms with van der Waals surface area (Å²) in [5, 5.41) is 3.79. The lowest BCUT2D eigenvalue weighted by molar-refractivity contribution is -0.143. The first-order valence-corrected chi connectivity index (χ1v) is 7.59. The number of carbonyl (C=O) groups excluding carboxylic acids is 1. The summed E-state index contributed by atoms with van der Waals surface area (Å²) < 4.78 is 11.6. The number of rotatable bonds is 3. The maximum absolute atomic E-state index is 12.5. The Morgan fingerprint density at radius 1 is 1.22 bits per heavy atom. The monoisotopic (exact) mass is 317 g/mol. The maximum atomic E-state index is 12.5. The first kappa shape index (κ1) is 15.5. The van der Waals surface area contributed by atoms with Crippen molar-refractivity contribution in [3.8, 4) is 11.4 Å². The van der Waals surface area contributed by atoms with Crippen molar-refractivity contribution in [2.75, 3.05) is 13.1 Å². The average molecular weight is 317 g/mol. The Hall–Kier alpha value is -2.41. The summed E-state index contributed by atoms with van der Waals surface area (Å²) in [5.41, 5.74) is 0.731. The van der Waals surface area contributed by atoms with E-state index in [1.54, 1.807) is 4.90 Å². The quantitative estimate of drug-likeness (QED) is 0.848. The van der Waals surface area contributed by atoms with E-state index < -0.39 is 5.76 Å². The highest BCUT2D eigenvalue weighted by Crippen LogP contribution is 2.16. The molecule has 0 aliphatic carbocycles.